The number of para-hydroxylation sites is 1. The van der Waals surface area contributed by atoms with Crippen LogP contribution in [0.4, 0.5) is 5.13 Å². The Morgan fingerprint density at radius 3 is 2.46 bits per heavy atom. The summed E-state index contributed by atoms with van der Waals surface area (Å²) < 4.78 is 1.97. The van der Waals surface area contributed by atoms with E-state index >= 15 is 0 Å². The Balaban J connectivity index is 1.95. The fraction of sp³-hybridized carbons (Fsp3) is 0.333. The summed E-state index contributed by atoms with van der Waals surface area (Å²) in [4.78, 5) is 21.8. The lowest BCUT2D eigenvalue weighted by Gasteiger charge is -2.24. The van der Waals surface area contributed by atoms with Crippen LogP contribution in [0.25, 0.3) is 10.2 Å². The predicted octanol–water partition coefficient (Wildman–Crippen LogP) is 5.65. The van der Waals surface area contributed by atoms with Gasteiger partial charge < -0.3 is 4.90 Å². The van der Waals surface area contributed by atoms with Crippen LogP contribution in [0.2, 0.25) is 8.67 Å². The van der Waals surface area contributed by atoms with Crippen molar-refractivity contribution in [1.82, 2.24) is 9.88 Å². The normalized spacial score (nSPS) is 11.4. The topological polar surface area (TPSA) is 36.4 Å². The number of hydrogen-bond donors (Lipinski definition) is 0. The molecular formula is C18H19Cl2N3OS2. The molecule has 0 saturated heterocycles. The Labute approximate surface area is 171 Å². The maximum atomic E-state index is 13.2. The van der Waals surface area contributed by atoms with Gasteiger partial charge in [-0.1, -0.05) is 60.5 Å². The van der Waals surface area contributed by atoms with Crippen molar-refractivity contribution in [3.63, 3.8) is 0 Å². The molecule has 138 valence electrons. The second kappa shape index (κ2) is 8.67. The highest BCUT2D eigenvalue weighted by Gasteiger charge is 2.25. The number of fused-ring (bicyclic) bond motifs is 1. The lowest BCUT2D eigenvalue weighted by atomic mass is 10.3. The Bertz CT molecular complexity index is 872. The summed E-state index contributed by atoms with van der Waals surface area (Å²) in [5.41, 5.74) is 1.32. The third-order valence-corrected chi connectivity index (χ3v) is 6.73. The van der Waals surface area contributed by atoms with E-state index in [0.717, 1.165) is 29.9 Å². The van der Waals surface area contributed by atoms with Gasteiger partial charge >= 0.3 is 0 Å². The SMILES string of the molecule is CCN(CC)CCN(C(=O)c1cc(Cl)sc1Cl)c1nc2ccccc2s1. The van der Waals surface area contributed by atoms with Crippen molar-refractivity contribution in [2.45, 2.75) is 13.8 Å². The molecule has 0 aliphatic carbocycles. The molecule has 0 radical (unpaired) electrons. The molecule has 0 N–H and O–H groups in total. The molecule has 26 heavy (non-hydrogen) atoms. The molecule has 3 rings (SSSR count). The van der Waals surface area contributed by atoms with Crippen molar-refractivity contribution in [1.29, 1.82) is 0 Å². The second-order valence-corrected chi connectivity index (χ2v) is 8.98. The molecule has 0 aliphatic rings. The first-order valence-electron chi connectivity index (χ1n) is 8.38. The predicted molar refractivity (Wildman–Crippen MR) is 113 cm³/mol. The number of benzene rings is 1. The monoisotopic (exact) mass is 427 g/mol. The first-order chi connectivity index (χ1) is 12.5. The summed E-state index contributed by atoms with van der Waals surface area (Å²) in [6.07, 6.45) is 0. The zero-order valence-corrected chi connectivity index (χ0v) is 17.7. The van der Waals surface area contributed by atoms with Crippen LogP contribution in [-0.4, -0.2) is 42.0 Å². The van der Waals surface area contributed by atoms with Gasteiger partial charge in [-0.05, 0) is 31.3 Å². The van der Waals surface area contributed by atoms with Crippen molar-refractivity contribution >= 4 is 67.1 Å². The van der Waals surface area contributed by atoms with Crippen molar-refractivity contribution in [3.05, 3.63) is 44.6 Å². The van der Waals surface area contributed by atoms with Crippen molar-refractivity contribution < 1.29 is 4.79 Å². The number of anilines is 1. The number of thiophene rings is 1. The third kappa shape index (κ3) is 4.21. The largest absolute Gasteiger partial charge is 0.302 e. The molecule has 2 heterocycles. The number of thiazole rings is 1. The van der Waals surface area contributed by atoms with Crippen molar-refractivity contribution in [2.75, 3.05) is 31.1 Å². The van der Waals surface area contributed by atoms with Crippen LogP contribution in [0.1, 0.15) is 24.2 Å². The molecule has 0 saturated carbocycles. The molecule has 3 aromatic rings. The maximum absolute atomic E-state index is 13.2. The van der Waals surface area contributed by atoms with E-state index in [4.69, 9.17) is 23.2 Å². The Kier molecular flexibility index (Phi) is 6.53. The summed E-state index contributed by atoms with van der Waals surface area (Å²) in [5, 5.41) is 0.682. The minimum atomic E-state index is -0.163. The van der Waals surface area contributed by atoms with Crippen LogP contribution in [0.3, 0.4) is 0 Å². The number of carbonyl (C=O) groups is 1. The van der Waals surface area contributed by atoms with Gasteiger partial charge in [-0.2, -0.15) is 0 Å². The van der Waals surface area contributed by atoms with Gasteiger partial charge in [0.25, 0.3) is 5.91 Å². The first-order valence-corrected chi connectivity index (χ1v) is 10.8. The van der Waals surface area contributed by atoms with E-state index in [1.165, 1.54) is 22.7 Å². The van der Waals surface area contributed by atoms with Gasteiger partial charge in [-0.3, -0.25) is 9.69 Å². The highest BCUT2D eigenvalue weighted by Crippen LogP contribution is 2.34. The fourth-order valence-electron chi connectivity index (χ4n) is 2.67. The summed E-state index contributed by atoms with van der Waals surface area (Å²) in [6, 6.07) is 9.52. The number of likely N-dealkylation sites (N-methyl/N-ethyl adjacent to an activating group) is 1. The highest BCUT2D eigenvalue weighted by atomic mass is 35.5. The lowest BCUT2D eigenvalue weighted by molar-refractivity contribution is 0.0984. The summed E-state index contributed by atoms with van der Waals surface area (Å²) in [6.45, 7) is 7.41. The van der Waals surface area contributed by atoms with Crippen molar-refractivity contribution in [3.8, 4) is 0 Å². The van der Waals surface area contributed by atoms with Crippen LogP contribution in [0.15, 0.2) is 30.3 Å². The highest BCUT2D eigenvalue weighted by molar-refractivity contribution is 7.22. The van der Waals surface area contributed by atoms with Crippen LogP contribution in [0.5, 0.6) is 0 Å². The van der Waals surface area contributed by atoms with E-state index in [1.807, 2.05) is 24.3 Å². The van der Waals surface area contributed by atoms with E-state index < -0.39 is 0 Å². The zero-order chi connectivity index (χ0) is 18.7. The van der Waals surface area contributed by atoms with E-state index in [-0.39, 0.29) is 5.91 Å². The molecule has 0 atom stereocenters. The van der Waals surface area contributed by atoms with Crippen LogP contribution in [-0.2, 0) is 0 Å². The standard InChI is InChI=1S/C18H19Cl2N3OS2/c1-3-22(4-2)9-10-23(17(24)12-11-15(19)26-16(12)20)18-21-13-7-5-6-8-14(13)25-18/h5-8,11H,3-4,9-10H2,1-2H3. The van der Waals surface area contributed by atoms with E-state index in [1.54, 1.807) is 11.0 Å². The molecule has 1 amide bonds. The molecule has 0 spiro atoms. The average molecular weight is 428 g/mol. The zero-order valence-electron chi connectivity index (χ0n) is 14.5. The molecule has 2 aromatic heterocycles. The maximum Gasteiger partial charge on any atom is 0.262 e. The number of aromatic nitrogens is 1. The van der Waals surface area contributed by atoms with Crippen LogP contribution >= 0.6 is 45.9 Å². The molecule has 1 aromatic carbocycles. The fourth-order valence-corrected chi connectivity index (χ4v) is 5.11. The van der Waals surface area contributed by atoms with Crippen LogP contribution < -0.4 is 4.90 Å². The number of halogens is 2. The number of rotatable bonds is 7. The molecule has 4 nitrogen and oxygen atoms in total. The first kappa shape index (κ1) is 19.6. The van der Waals surface area contributed by atoms with Gasteiger partial charge in [0.2, 0.25) is 0 Å². The molecule has 0 unspecified atom stereocenters. The molecule has 0 aliphatic heterocycles. The quantitative estimate of drug-likeness (QED) is 0.488. The summed E-state index contributed by atoms with van der Waals surface area (Å²) in [7, 11) is 0. The van der Waals surface area contributed by atoms with E-state index in [9.17, 15) is 4.79 Å². The smallest absolute Gasteiger partial charge is 0.262 e. The number of carbonyl (C=O) groups excluding carboxylic acids is 1. The Morgan fingerprint density at radius 2 is 1.85 bits per heavy atom. The Morgan fingerprint density at radius 1 is 1.12 bits per heavy atom. The third-order valence-electron chi connectivity index (χ3n) is 4.18. The summed E-state index contributed by atoms with van der Waals surface area (Å²) >= 11 is 15.0. The molecule has 8 heteroatoms. The van der Waals surface area contributed by atoms with Gasteiger partial charge in [0.15, 0.2) is 5.13 Å². The van der Waals surface area contributed by atoms with E-state index in [2.05, 4.69) is 23.7 Å². The number of amides is 1. The molecule has 0 fully saturated rings. The van der Waals surface area contributed by atoms with Gasteiger partial charge in [-0.25, -0.2) is 4.98 Å². The van der Waals surface area contributed by atoms with Crippen molar-refractivity contribution in [2.24, 2.45) is 0 Å². The van der Waals surface area contributed by atoms with Gasteiger partial charge in [-0.15, -0.1) is 11.3 Å². The minimum Gasteiger partial charge on any atom is -0.302 e. The second-order valence-electron chi connectivity index (χ2n) is 5.69. The minimum absolute atomic E-state index is 0.163. The van der Waals surface area contributed by atoms with E-state index in [0.29, 0.717) is 25.9 Å². The van der Waals surface area contributed by atoms with Gasteiger partial charge in [0.05, 0.1) is 20.1 Å². The molecular weight excluding hydrogens is 409 g/mol. The van der Waals surface area contributed by atoms with Crippen LogP contribution in [0, 0.1) is 0 Å². The van der Waals surface area contributed by atoms with Gasteiger partial charge in [0.1, 0.15) is 4.34 Å². The number of nitrogens with zero attached hydrogens (tertiary/aromatic N) is 3. The Hall–Kier alpha value is -1.18. The van der Waals surface area contributed by atoms with Gasteiger partial charge in [0, 0.05) is 13.1 Å². The summed E-state index contributed by atoms with van der Waals surface area (Å²) in [5.74, 6) is -0.163. The molecule has 0 bridgehead atoms. The average Bonchev–Trinajstić information content (AvgIpc) is 3.20. The number of hydrogen-bond acceptors (Lipinski definition) is 5. The lowest BCUT2D eigenvalue weighted by Crippen LogP contribution is -2.38.